The first kappa shape index (κ1) is 13.3. The third-order valence-corrected chi connectivity index (χ3v) is 2.96. The Morgan fingerprint density at radius 2 is 2.00 bits per heavy atom. The standard InChI is InChI=1S/C11H22N2O3/c1-4-10(16-3)9-13-6-5-12(11(13)14)7-8-15-2/h10H,4-9H2,1-3H3. The number of ether oxygens (including phenoxy) is 2. The lowest BCUT2D eigenvalue weighted by Gasteiger charge is -2.22. The summed E-state index contributed by atoms with van der Waals surface area (Å²) in [5.41, 5.74) is 0. The molecule has 2 amide bonds. The molecule has 0 spiro atoms. The minimum Gasteiger partial charge on any atom is -0.383 e. The van der Waals surface area contributed by atoms with E-state index in [-0.39, 0.29) is 12.1 Å². The molecule has 0 aliphatic carbocycles. The summed E-state index contributed by atoms with van der Waals surface area (Å²) in [6.45, 7) is 5.62. The molecule has 1 heterocycles. The predicted octanol–water partition coefficient (Wildman–Crippen LogP) is 0.795. The van der Waals surface area contributed by atoms with Crippen molar-refractivity contribution in [3.8, 4) is 0 Å². The average Bonchev–Trinajstić information content (AvgIpc) is 2.65. The van der Waals surface area contributed by atoms with E-state index < -0.39 is 0 Å². The van der Waals surface area contributed by atoms with Crippen LogP contribution in [0.4, 0.5) is 4.79 Å². The molecule has 1 aliphatic rings. The fourth-order valence-electron chi connectivity index (χ4n) is 1.83. The van der Waals surface area contributed by atoms with Gasteiger partial charge in [0.1, 0.15) is 0 Å². The number of methoxy groups -OCH3 is 2. The first-order valence-electron chi connectivity index (χ1n) is 5.78. The number of urea groups is 1. The SMILES string of the molecule is CCC(CN1CCN(CCOC)C1=O)OC. The van der Waals surface area contributed by atoms with Crippen LogP contribution < -0.4 is 0 Å². The molecule has 1 aliphatic heterocycles. The number of hydrogen-bond donors (Lipinski definition) is 0. The Balaban J connectivity index is 2.38. The van der Waals surface area contributed by atoms with Crippen LogP contribution in [0.1, 0.15) is 13.3 Å². The molecule has 1 unspecified atom stereocenters. The van der Waals surface area contributed by atoms with E-state index in [1.54, 1.807) is 14.2 Å². The molecule has 1 fully saturated rings. The third-order valence-electron chi connectivity index (χ3n) is 2.96. The number of carbonyl (C=O) groups excluding carboxylic acids is 1. The number of rotatable bonds is 7. The maximum Gasteiger partial charge on any atom is 0.320 e. The van der Waals surface area contributed by atoms with E-state index in [0.717, 1.165) is 19.5 Å². The molecule has 0 radical (unpaired) electrons. The normalized spacial score (nSPS) is 18.3. The monoisotopic (exact) mass is 230 g/mol. The summed E-state index contributed by atoms with van der Waals surface area (Å²) in [5, 5.41) is 0. The van der Waals surface area contributed by atoms with Gasteiger partial charge >= 0.3 is 6.03 Å². The molecule has 94 valence electrons. The van der Waals surface area contributed by atoms with E-state index in [0.29, 0.717) is 19.7 Å². The molecule has 0 saturated carbocycles. The summed E-state index contributed by atoms with van der Waals surface area (Å²) in [4.78, 5) is 15.6. The predicted molar refractivity (Wildman–Crippen MR) is 61.5 cm³/mol. The van der Waals surface area contributed by atoms with Crippen LogP contribution in [0.2, 0.25) is 0 Å². The minimum atomic E-state index is 0.104. The van der Waals surface area contributed by atoms with E-state index in [1.807, 2.05) is 9.80 Å². The van der Waals surface area contributed by atoms with Crippen molar-refractivity contribution in [2.24, 2.45) is 0 Å². The fourth-order valence-corrected chi connectivity index (χ4v) is 1.83. The second-order valence-corrected chi connectivity index (χ2v) is 3.97. The lowest BCUT2D eigenvalue weighted by Crippen LogP contribution is -2.38. The van der Waals surface area contributed by atoms with E-state index in [4.69, 9.17) is 9.47 Å². The van der Waals surface area contributed by atoms with Crippen LogP contribution in [0.15, 0.2) is 0 Å². The van der Waals surface area contributed by atoms with Gasteiger partial charge in [-0.2, -0.15) is 0 Å². The van der Waals surface area contributed by atoms with E-state index in [9.17, 15) is 4.79 Å². The highest BCUT2D eigenvalue weighted by atomic mass is 16.5. The van der Waals surface area contributed by atoms with Crippen LogP contribution in [-0.4, -0.2) is 68.9 Å². The summed E-state index contributed by atoms with van der Waals surface area (Å²) in [6.07, 6.45) is 1.07. The highest BCUT2D eigenvalue weighted by Gasteiger charge is 2.29. The van der Waals surface area contributed by atoms with Crippen molar-refractivity contribution in [3.63, 3.8) is 0 Å². The summed E-state index contributed by atoms with van der Waals surface area (Å²) in [7, 11) is 3.34. The lowest BCUT2D eigenvalue weighted by atomic mass is 10.2. The van der Waals surface area contributed by atoms with Gasteiger partial charge in [-0.15, -0.1) is 0 Å². The van der Waals surface area contributed by atoms with Crippen LogP contribution >= 0.6 is 0 Å². The molecule has 0 aromatic heterocycles. The largest absolute Gasteiger partial charge is 0.383 e. The van der Waals surface area contributed by atoms with Gasteiger partial charge in [-0.1, -0.05) is 6.92 Å². The van der Waals surface area contributed by atoms with E-state index >= 15 is 0 Å². The van der Waals surface area contributed by atoms with Gasteiger partial charge in [0, 0.05) is 40.4 Å². The van der Waals surface area contributed by atoms with Crippen molar-refractivity contribution < 1.29 is 14.3 Å². The molecule has 0 N–H and O–H groups in total. The van der Waals surface area contributed by atoms with Gasteiger partial charge in [0.25, 0.3) is 0 Å². The molecule has 0 aromatic rings. The molecule has 5 nitrogen and oxygen atoms in total. The van der Waals surface area contributed by atoms with Crippen molar-refractivity contribution >= 4 is 6.03 Å². The van der Waals surface area contributed by atoms with Crippen molar-refractivity contribution in [2.45, 2.75) is 19.4 Å². The first-order chi connectivity index (χ1) is 7.72. The average molecular weight is 230 g/mol. The van der Waals surface area contributed by atoms with Crippen molar-refractivity contribution in [2.75, 3.05) is 47.0 Å². The zero-order valence-electron chi connectivity index (χ0n) is 10.4. The highest BCUT2D eigenvalue weighted by Crippen LogP contribution is 2.10. The van der Waals surface area contributed by atoms with Gasteiger partial charge in [-0.25, -0.2) is 4.79 Å². The molecule has 1 saturated heterocycles. The number of hydrogen-bond acceptors (Lipinski definition) is 3. The van der Waals surface area contributed by atoms with Crippen LogP contribution in [0.5, 0.6) is 0 Å². The van der Waals surface area contributed by atoms with Gasteiger partial charge in [0.15, 0.2) is 0 Å². The Morgan fingerprint density at radius 3 is 2.56 bits per heavy atom. The number of carbonyl (C=O) groups is 1. The topological polar surface area (TPSA) is 42.0 Å². The second-order valence-electron chi connectivity index (χ2n) is 3.97. The van der Waals surface area contributed by atoms with Gasteiger partial charge in [0.05, 0.1) is 12.7 Å². The van der Waals surface area contributed by atoms with Crippen molar-refractivity contribution in [1.29, 1.82) is 0 Å². The molecule has 0 bridgehead atoms. The Labute approximate surface area is 97.3 Å². The van der Waals surface area contributed by atoms with Crippen LogP contribution in [0, 0.1) is 0 Å². The van der Waals surface area contributed by atoms with E-state index in [1.165, 1.54) is 0 Å². The molecular formula is C11H22N2O3. The molecule has 16 heavy (non-hydrogen) atoms. The summed E-state index contributed by atoms with van der Waals surface area (Å²) in [6, 6.07) is 0.104. The van der Waals surface area contributed by atoms with Crippen LogP contribution in [-0.2, 0) is 9.47 Å². The van der Waals surface area contributed by atoms with Gasteiger partial charge < -0.3 is 19.3 Å². The van der Waals surface area contributed by atoms with Crippen molar-refractivity contribution in [1.82, 2.24) is 9.80 Å². The van der Waals surface area contributed by atoms with Crippen molar-refractivity contribution in [3.05, 3.63) is 0 Å². The summed E-state index contributed by atoms with van der Waals surface area (Å²) < 4.78 is 10.3. The number of nitrogens with zero attached hydrogens (tertiary/aromatic N) is 2. The lowest BCUT2D eigenvalue weighted by molar-refractivity contribution is 0.0738. The summed E-state index contributed by atoms with van der Waals surface area (Å²) >= 11 is 0. The maximum atomic E-state index is 11.9. The van der Waals surface area contributed by atoms with Gasteiger partial charge in [0.2, 0.25) is 0 Å². The van der Waals surface area contributed by atoms with Crippen LogP contribution in [0.3, 0.4) is 0 Å². The summed E-state index contributed by atoms with van der Waals surface area (Å²) in [5.74, 6) is 0. The Morgan fingerprint density at radius 1 is 1.31 bits per heavy atom. The highest BCUT2D eigenvalue weighted by molar-refractivity contribution is 5.76. The molecular weight excluding hydrogens is 208 g/mol. The zero-order valence-corrected chi connectivity index (χ0v) is 10.4. The first-order valence-corrected chi connectivity index (χ1v) is 5.78. The van der Waals surface area contributed by atoms with Gasteiger partial charge in [-0.05, 0) is 6.42 Å². The molecule has 0 aromatic carbocycles. The Bertz CT molecular complexity index is 219. The van der Waals surface area contributed by atoms with Gasteiger partial charge in [-0.3, -0.25) is 0 Å². The molecule has 5 heteroatoms. The quantitative estimate of drug-likeness (QED) is 0.649. The smallest absolute Gasteiger partial charge is 0.320 e. The zero-order chi connectivity index (χ0) is 12.0. The number of amides is 2. The Kier molecular flexibility index (Phi) is 5.55. The second kappa shape index (κ2) is 6.70. The molecule has 1 atom stereocenters. The Hall–Kier alpha value is -0.810. The van der Waals surface area contributed by atoms with E-state index in [2.05, 4.69) is 6.92 Å². The minimum absolute atomic E-state index is 0.104. The van der Waals surface area contributed by atoms with Crippen LogP contribution in [0.25, 0.3) is 0 Å². The fraction of sp³-hybridized carbons (Fsp3) is 0.909. The molecule has 1 rings (SSSR count). The third kappa shape index (κ3) is 3.35. The maximum absolute atomic E-state index is 11.9.